The quantitative estimate of drug-likeness (QED) is 0.792. The van der Waals surface area contributed by atoms with Gasteiger partial charge in [-0.05, 0) is 30.5 Å². The Morgan fingerprint density at radius 3 is 2.74 bits per heavy atom. The molecule has 1 aliphatic rings. The normalized spacial score (nSPS) is 18.7. The molecule has 2 rings (SSSR count). The number of ether oxygens (including phenoxy) is 2. The lowest BCUT2D eigenvalue weighted by Crippen LogP contribution is -2.24. The van der Waals surface area contributed by atoms with Crippen LogP contribution in [-0.2, 0) is 15.9 Å². The van der Waals surface area contributed by atoms with Gasteiger partial charge in [-0.15, -0.1) is 0 Å². The maximum absolute atomic E-state index is 11.8. The molecule has 104 valence electrons. The number of rotatable bonds is 6. The summed E-state index contributed by atoms with van der Waals surface area (Å²) in [5.74, 6) is 0. The molecule has 4 nitrogen and oxygen atoms in total. The zero-order valence-electron chi connectivity index (χ0n) is 11.6. The van der Waals surface area contributed by atoms with Crippen LogP contribution in [0.3, 0.4) is 0 Å². The minimum atomic E-state index is -0.233. The van der Waals surface area contributed by atoms with Gasteiger partial charge in [-0.1, -0.05) is 25.5 Å². The van der Waals surface area contributed by atoms with Gasteiger partial charge in [0.15, 0.2) is 0 Å². The summed E-state index contributed by atoms with van der Waals surface area (Å²) in [7, 11) is 1.70. The van der Waals surface area contributed by atoms with Crippen molar-refractivity contribution in [3.63, 3.8) is 0 Å². The number of methoxy groups -OCH3 is 1. The summed E-state index contributed by atoms with van der Waals surface area (Å²) in [6.45, 7) is 3.47. The van der Waals surface area contributed by atoms with Crippen molar-refractivity contribution in [2.75, 3.05) is 25.2 Å². The Bertz CT molecular complexity index is 416. The van der Waals surface area contributed by atoms with Gasteiger partial charge in [-0.3, -0.25) is 4.90 Å². The molecule has 19 heavy (non-hydrogen) atoms. The molecular weight excluding hydrogens is 242 g/mol. The maximum Gasteiger partial charge on any atom is 0.414 e. The van der Waals surface area contributed by atoms with Crippen LogP contribution < -0.4 is 4.90 Å². The van der Waals surface area contributed by atoms with E-state index in [1.165, 1.54) is 5.56 Å². The third-order valence-electron chi connectivity index (χ3n) is 3.33. The molecule has 1 aliphatic heterocycles. The third kappa shape index (κ3) is 3.47. The number of amides is 1. The SMILES string of the molecule is CCCC1CN(c2ccc(CCOC)cc2)C(=O)O1. The largest absolute Gasteiger partial charge is 0.444 e. The summed E-state index contributed by atoms with van der Waals surface area (Å²) >= 11 is 0. The molecule has 0 aromatic heterocycles. The Labute approximate surface area is 114 Å². The lowest BCUT2D eigenvalue weighted by molar-refractivity contribution is 0.136. The lowest BCUT2D eigenvalue weighted by Gasteiger charge is -2.13. The van der Waals surface area contributed by atoms with Gasteiger partial charge in [-0.2, -0.15) is 0 Å². The first-order valence-corrected chi connectivity index (χ1v) is 6.80. The number of nitrogens with zero attached hydrogens (tertiary/aromatic N) is 1. The fraction of sp³-hybridized carbons (Fsp3) is 0.533. The second kappa shape index (κ2) is 6.57. The summed E-state index contributed by atoms with van der Waals surface area (Å²) in [4.78, 5) is 13.5. The fourth-order valence-corrected chi connectivity index (χ4v) is 2.27. The van der Waals surface area contributed by atoms with Gasteiger partial charge in [0, 0.05) is 12.8 Å². The first-order chi connectivity index (χ1) is 9.24. The van der Waals surface area contributed by atoms with Crippen molar-refractivity contribution in [1.82, 2.24) is 0 Å². The number of cyclic esters (lactones) is 1. The van der Waals surface area contributed by atoms with Crippen LogP contribution in [0.15, 0.2) is 24.3 Å². The molecule has 0 spiro atoms. The highest BCUT2D eigenvalue weighted by molar-refractivity contribution is 5.89. The van der Waals surface area contributed by atoms with Gasteiger partial charge in [0.2, 0.25) is 0 Å². The molecule has 1 fully saturated rings. The van der Waals surface area contributed by atoms with Crippen molar-refractivity contribution in [3.05, 3.63) is 29.8 Å². The van der Waals surface area contributed by atoms with Gasteiger partial charge in [0.05, 0.1) is 13.2 Å². The van der Waals surface area contributed by atoms with Gasteiger partial charge in [0.1, 0.15) is 6.10 Å². The van der Waals surface area contributed by atoms with Crippen molar-refractivity contribution >= 4 is 11.8 Å². The van der Waals surface area contributed by atoms with Crippen LogP contribution in [0.25, 0.3) is 0 Å². The van der Waals surface area contributed by atoms with Crippen LogP contribution >= 0.6 is 0 Å². The van der Waals surface area contributed by atoms with E-state index in [2.05, 4.69) is 6.92 Å². The summed E-state index contributed by atoms with van der Waals surface area (Å²) in [5, 5.41) is 0. The van der Waals surface area contributed by atoms with Crippen molar-refractivity contribution in [1.29, 1.82) is 0 Å². The van der Waals surface area contributed by atoms with E-state index in [9.17, 15) is 4.79 Å². The van der Waals surface area contributed by atoms with E-state index in [0.29, 0.717) is 13.2 Å². The van der Waals surface area contributed by atoms with E-state index in [1.807, 2.05) is 24.3 Å². The number of anilines is 1. The Balaban J connectivity index is 2.00. The number of hydrogen-bond acceptors (Lipinski definition) is 3. The third-order valence-corrected chi connectivity index (χ3v) is 3.33. The predicted octanol–water partition coefficient (Wildman–Crippen LogP) is 3.00. The number of hydrogen-bond donors (Lipinski definition) is 0. The molecule has 0 radical (unpaired) electrons. The number of benzene rings is 1. The summed E-state index contributed by atoms with van der Waals surface area (Å²) in [6, 6.07) is 8.02. The van der Waals surface area contributed by atoms with Gasteiger partial charge in [-0.25, -0.2) is 4.79 Å². The standard InChI is InChI=1S/C15H21NO3/c1-3-4-14-11-16(15(17)19-14)13-7-5-12(6-8-13)9-10-18-2/h5-8,14H,3-4,9-11H2,1-2H3. The Morgan fingerprint density at radius 1 is 1.37 bits per heavy atom. The minimum absolute atomic E-state index is 0.0330. The summed E-state index contributed by atoms with van der Waals surface area (Å²) < 4.78 is 10.4. The first-order valence-electron chi connectivity index (χ1n) is 6.80. The predicted molar refractivity (Wildman–Crippen MR) is 74.5 cm³/mol. The molecule has 4 heteroatoms. The van der Waals surface area contributed by atoms with Gasteiger partial charge >= 0.3 is 6.09 Å². The highest BCUT2D eigenvalue weighted by atomic mass is 16.6. The van der Waals surface area contributed by atoms with Crippen LogP contribution in [0.2, 0.25) is 0 Å². The Morgan fingerprint density at radius 2 is 2.11 bits per heavy atom. The second-order valence-corrected chi connectivity index (χ2v) is 4.81. The molecule has 1 unspecified atom stereocenters. The van der Waals surface area contributed by atoms with Crippen LogP contribution in [-0.4, -0.2) is 32.5 Å². The highest BCUT2D eigenvalue weighted by Crippen LogP contribution is 2.23. The molecule has 1 atom stereocenters. The van der Waals surface area contributed by atoms with E-state index in [0.717, 1.165) is 24.9 Å². The summed E-state index contributed by atoms with van der Waals surface area (Å²) in [5.41, 5.74) is 2.12. The molecule has 1 heterocycles. The first kappa shape index (κ1) is 13.9. The Kier molecular flexibility index (Phi) is 4.80. The van der Waals surface area contributed by atoms with Crippen LogP contribution in [0.4, 0.5) is 10.5 Å². The van der Waals surface area contributed by atoms with E-state index in [4.69, 9.17) is 9.47 Å². The molecular formula is C15H21NO3. The average Bonchev–Trinajstić information content (AvgIpc) is 2.78. The van der Waals surface area contributed by atoms with Crippen LogP contribution in [0, 0.1) is 0 Å². The lowest BCUT2D eigenvalue weighted by atomic mass is 10.1. The summed E-state index contributed by atoms with van der Waals surface area (Å²) in [6.07, 6.45) is 2.64. The molecule has 1 saturated heterocycles. The van der Waals surface area contributed by atoms with Crippen molar-refractivity contribution in [2.24, 2.45) is 0 Å². The minimum Gasteiger partial charge on any atom is -0.444 e. The Hall–Kier alpha value is -1.55. The van der Waals surface area contributed by atoms with E-state index < -0.39 is 0 Å². The number of carbonyl (C=O) groups is 1. The molecule has 0 bridgehead atoms. The van der Waals surface area contributed by atoms with E-state index in [1.54, 1.807) is 12.0 Å². The molecule has 0 aliphatic carbocycles. The molecule has 1 aromatic rings. The van der Waals surface area contributed by atoms with Crippen molar-refractivity contribution in [2.45, 2.75) is 32.3 Å². The number of carbonyl (C=O) groups excluding carboxylic acids is 1. The van der Waals surface area contributed by atoms with Gasteiger partial charge in [0.25, 0.3) is 0 Å². The average molecular weight is 263 g/mol. The molecule has 0 N–H and O–H groups in total. The van der Waals surface area contributed by atoms with E-state index in [-0.39, 0.29) is 12.2 Å². The van der Waals surface area contributed by atoms with Gasteiger partial charge < -0.3 is 9.47 Å². The fourth-order valence-electron chi connectivity index (χ4n) is 2.27. The molecule has 1 aromatic carbocycles. The smallest absolute Gasteiger partial charge is 0.414 e. The monoisotopic (exact) mass is 263 g/mol. The topological polar surface area (TPSA) is 38.8 Å². The van der Waals surface area contributed by atoms with E-state index >= 15 is 0 Å². The molecule has 0 saturated carbocycles. The zero-order valence-corrected chi connectivity index (χ0v) is 11.6. The van der Waals surface area contributed by atoms with Crippen molar-refractivity contribution in [3.8, 4) is 0 Å². The van der Waals surface area contributed by atoms with Crippen LogP contribution in [0.1, 0.15) is 25.3 Å². The van der Waals surface area contributed by atoms with Crippen molar-refractivity contribution < 1.29 is 14.3 Å². The zero-order chi connectivity index (χ0) is 13.7. The highest BCUT2D eigenvalue weighted by Gasteiger charge is 2.31. The maximum atomic E-state index is 11.8. The second-order valence-electron chi connectivity index (χ2n) is 4.81. The van der Waals surface area contributed by atoms with Crippen LogP contribution in [0.5, 0.6) is 0 Å². The molecule has 1 amide bonds.